The average Bonchev–Trinajstić information content (AvgIpc) is 2.61. The fraction of sp³-hybridized carbons (Fsp3) is 0.278. The molecule has 0 heterocycles. The van der Waals surface area contributed by atoms with Gasteiger partial charge in [-0.2, -0.15) is 0 Å². The van der Waals surface area contributed by atoms with Gasteiger partial charge in [0.1, 0.15) is 5.82 Å². The number of rotatable bonds is 9. The molecule has 0 aliphatic heterocycles. The summed E-state index contributed by atoms with van der Waals surface area (Å²) in [6.07, 6.45) is 0.219. The van der Waals surface area contributed by atoms with Gasteiger partial charge in [0.15, 0.2) is 0 Å². The van der Waals surface area contributed by atoms with Crippen LogP contribution in [0.3, 0.4) is 0 Å². The molecular formula is C18H22FN3O3S. The highest BCUT2D eigenvalue weighted by atomic mass is 32.2. The summed E-state index contributed by atoms with van der Waals surface area (Å²) < 4.78 is 39.8. The summed E-state index contributed by atoms with van der Waals surface area (Å²) in [5, 5.41) is 5.91. The Hall–Kier alpha value is -2.45. The van der Waals surface area contributed by atoms with Crippen LogP contribution >= 0.6 is 0 Å². The number of hydrogen-bond donors (Lipinski definition) is 3. The summed E-state index contributed by atoms with van der Waals surface area (Å²) in [6, 6.07) is 11.1. The Balaban J connectivity index is 1.92. The Labute approximate surface area is 152 Å². The molecule has 0 saturated carbocycles. The molecule has 0 spiro atoms. The van der Waals surface area contributed by atoms with Crippen molar-refractivity contribution in [2.24, 2.45) is 0 Å². The largest absolute Gasteiger partial charge is 0.355 e. The lowest BCUT2D eigenvalue weighted by Crippen LogP contribution is -2.32. The van der Waals surface area contributed by atoms with E-state index >= 15 is 0 Å². The number of sulfonamides is 1. The highest BCUT2D eigenvalue weighted by Crippen LogP contribution is 2.17. The minimum atomic E-state index is -3.79. The zero-order chi connectivity index (χ0) is 19.0. The van der Waals surface area contributed by atoms with Crippen LogP contribution in [0.2, 0.25) is 0 Å². The third-order valence-corrected chi connectivity index (χ3v) is 4.97. The molecule has 2 rings (SSSR count). The molecule has 0 radical (unpaired) electrons. The summed E-state index contributed by atoms with van der Waals surface area (Å²) >= 11 is 0. The molecule has 0 saturated heterocycles. The second-order valence-electron chi connectivity index (χ2n) is 5.64. The molecule has 2 aromatic carbocycles. The highest BCUT2D eigenvalue weighted by molar-refractivity contribution is 7.92. The van der Waals surface area contributed by atoms with Gasteiger partial charge in [0, 0.05) is 18.8 Å². The molecule has 0 aliphatic carbocycles. The molecule has 1 amide bonds. The second kappa shape index (κ2) is 9.30. The molecule has 0 fully saturated rings. The van der Waals surface area contributed by atoms with Gasteiger partial charge < -0.3 is 10.6 Å². The topological polar surface area (TPSA) is 87.3 Å². The maximum Gasteiger partial charge on any atom is 0.261 e. The van der Waals surface area contributed by atoms with Gasteiger partial charge in [-0.3, -0.25) is 9.52 Å². The van der Waals surface area contributed by atoms with Crippen LogP contribution in [-0.2, 0) is 21.2 Å². The second-order valence-corrected chi connectivity index (χ2v) is 7.32. The summed E-state index contributed by atoms with van der Waals surface area (Å²) in [7, 11) is -3.79. The molecule has 0 bridgehead atoms. The minimum absolute atomic E-state index is 0.0250. The fourth-order valence-corrected chi connectivity index (χ4v) is 3.29. The average molecular weight is 379 g/mol. The number of hydrogen-bond acceptors (Lipinski definition) is 4. The van der Waals surface area contributed by atoms with Crippen molar-refractivity contribution in [3.05, 3.63) is 59.9 Å². The Morgan fingerprint density at radius 1 is 1.00 bits per heavy atom. The molecule has 0 atom stereocenters. The summed E-state index contributed by atoms with van der Waals surface area (Å²) in [5.41, 5.74) is 1.14. The zero-order valence-corrected chi connectivity index (χ0v) is 15.3. The number of carbonyl (C=O) groups excluding carboxylic acids is 1. The lowest BCUT2D eigenvalue weighted by Gasteiger charge is -2.09. The first-order valence-corrected chi connectivity index (χ1v) is 9.74. The van der Waals surface area contributed by atoms with E-state index in [-0.39, 0.29) is 17.2 Å². The third kappa shape index (κ3) is 6.12. The Morgan fingerprint density at radius 3 is 2.27 bits per heavy atom. The van der Waals surface area contributed by atoms with Gasteiger partial charge in [0.2, 0.25) is 5.91 Å². The number of amides is 1. The molecule has 0 unspecified atom stereocenters. The van der Waals surface area contributed by atoms with Gasteiger partial charge in [0.25, 0.3) is 10.0 Å². The van der Waals surface area contributed by atoms with Crippen LogP contribution in [0, 0.1) is 5.82 Å². The number of halogens is 1. The van der Waals surface area contributed by atoms with Crippen LogP contribution in [0.5, 0.6) is 0 Å². The summed E-state index contributed by atoms with van der Waals surface area (Å²) in [5.74, 6) is -0.598. The van der Waals surface area contributed by atoms with Crippen LogP contribution in [0.1, 0.15) is 12.5 Å². The SMILES string of the molecule is CCNCCNC(=O)Cc1ccc(NS(=O)(=O)c2ccc(F)cc2)cc1. The predicted octanol–water partition coefficient (Wildman–Crippen LogP) is 1.89. The maximum absolute atomic E-state index is 12.9. The van der Waals surface area contributed by atoms with Crippen LogP contribution in [0.4, 0.5) is 10.1 Å². The minimum Gasteiger partial charge on any atom is -0.355 e. The first-order chi connectivity index (χ1) is 12.4. The van der Waals surface area contributed by atoms with E-state index in [1.54, 1.807) is 24.3 Å². The molecule has 2 aromatic rings. The van der Waals surface area contributed by atoms with Crippen LogP contribution in [-0.4, -0.2) is 34.0 Å². The normalized spacial score (nSPS) is 11.2. The summed E-state index contributed by atoms with van der Waals surface area (Å²) in [6.45, 7) is 4.12. The molecular weight excluding hydrogens is 357 g/mol. The van der Waals surface area contributed by atoms with Gasteiger partial charge in [-0.05, 0) is 48.5 Å². The van der Waals surface area contributed by atoms with E-state index < -0.39 is 15.8 Å². The predicted molar refractivity (Wildman–Crippen MR) is 98.9 cm³/mol. The Morgan fingerprint density at radius 2 is 1.65 bits per heavy atom. The van der Waals surface area contributed by atoms with E-state index in [4.69, 9.17) is 0 Å². The van der Waals surface area contributed by atoms with Gasteiger partial charge in [-0.25, -0.2) is 12.8 Å². The van der Waals surface area contributed by atoms with E-state index in [1.807, 2.05) is 6.92 Å². The van der Waals surface area contributed by atoms with Gasteiger partial charge in [-0.1, -0.05) is 19.1 Å². The van der Waals surface area contributed by atoms with Crippen molar-refractivity contribution >= 4 is 21.6 Å². The molecule has 140 valence electrons. The van der Waals surface area contributed by atoms with E-state index in [2.05, 4.69) is 15.4 Å². The van der Waals surface area contributed by atoms with E-state index in [1.165, 1.54) is 12.1 Å². The third-order valence-electron chi connectivity index (χ3n) is 3.57. The summed E-state index contributed by atoms with van der Waals surface area (Å²) in [4.78, 5) is 11.8. The van der Waals surface area contributed by atoms with Gasteiger partial charge in [-0.15, -0.1) is 0 Å². The van der Waals surface area contributed by atoms with Crippen molar-refractivity contribution in [1.29, 1.82) is 0 Å². The van der Waals surface area contributed by atoms with Crippen molar-refractivity contribution in [2.45, 2.75) is 18.2 Å². The standard InChI is InChI=1S/C18H22FN3O3S/c1-2-20-11-12-21-18(23)13-14-3-7-16(8-4-14)22-26(24,25)17-9-5-15(19)6-10-17/h3-10,20,22H,2,11-13H2,1H3,(H,21,23). The lowest BCUT2D eigenvalue weighted by atomic mass is 10.1. The van der Waals surface area contributed by atoms with Crippen LogP contribution in [0.15, 0.2) is 53.4 Å². The molecule has 0 aliphatic rings. The number of likely N-dealkylation sites (N-methyl/N-ethyl adjacent to an activating group) is 1. The van der Waals surface area contributed by atoms with Gasteiger partial charge >= 0.3 is 0 Å². The smallest absolute Gasteiger partial charge is 0.261 e. The monoisotopic (exact) mass is 379 g/mol. The van der Waals surface area contributed by atoms with Crippen molar-refractivity contribution in [3.8, 4) is 0 Å². The number of benzene rings is 2. The molecule has 26 heavy (non-hydrogen) atoms. The number of carbonyl (C=O) groups is 1. The van der Waals surface area contributed by atoms with Gasteiger partial charge in [0.05, 0.1) is 11.3 Å². The first kappa shape index (κ1) is 19.9. The zero-order valence-electron chi connectivity index (χ0n) is 14.5. The van der Waals surface area contributed by atoms with E-state index in [0.717, 1.165) is 24.2 Å². The van der Waals surface area contributed by atoms with Crippen molar-refractivity contribution in [3.63, 3.8) is 0 Å². The van der Waals surface area contributed by atoms with E-state index in [0.29, 0.717) is 18.8 Å². The number of nitrogens with one attached hydrogen (secondary N) is 3. The fourth-order valence-electron chi connectivity index (χ4n) is 2.23. The first-order valence-electron chi connectivity index (χ1n) is 8.25. The quantitative estimate of drug-likeness (QED) is 0.581. The van der Waals surface area contributed by atoms with Crippen molar-refractivity contribution in [2.75, 3.05) is 24.4 Å². The lowest BCUT2D eigenvalue weighted by molar-refractivity contribution is -0.120. The highest BCUT2D eigenvalue weighted by Gasteiger charge is 2.14. The van der Waals surface area contributed by atoms with Crippen molar-refractivity contribution < 1.29 is 17.6 Å². The van der Waals surface area contributed by atoms with E-state index in [9.17, 15) is 17.6 Å². The van der Waals surface area contributed by atoms with Crippen LogP contribution in [0.25, 0.3) is 0 Å². The Kier molecular flexibility index (Phi) is 7.11. The molecule has 3 N–H and O–H groups in total. The molecule has 6 nitrogen and oxygen atoms in total. The van der Waals surface area contributed by atoms with Crippen LogP contribution < -0.4 is 15.4 Å². The molecule has 8 heteroatoms. The number of anilines is 1. The van der Waals surface area contributed by atoms with Crippen molar-refractivity contribution in [1.82, 2.24) is 10.6 Å². The maximum atomic E-state index is 12.9. The Bertz CT molecular complexity index is 822. The molecule has 0 aromatic heterocycles.